The first-order valence-corrected chi connectivity index (χ1v) is 7.91. The van der Waals surface area contributed by atoms with Crippen molar-refractivity contribution in [2.75, 3.05) is 27.3 Å². The van der Waals surface area contributed by atoms with Gasteiger partial charge in [0.2, 0.25) is 0 Å². The van der Waals surface area contributed by atoms with E-state index in [1.54, 1.807) is 24.6 Å². The molecule has 1 aromatic carbocycles. The smallest absolute Gasteiger partial charge is 0.273 e. The van der Waals surface area contributed by atoms with Crippen LogP contribution in [0.25, 0.3) is 10.6 Å². The number of amides is 1. The Morgan fingerprint density at radius 1 is 1.55 bits per heavy atom. The molecule has 118 valence electrons. The molecule has 7 heteroatoms. The standard InChI is InChI=1S/C15H17ClN2O3S/c1-18(7-12(19)8-21-2)15(20)13-9-22-14(17-13)10-4-3-5-11(16)6-10/h3-6,9,12,19H,7-8H2,1-2H3. The fourth-order valence-electron chi connectivity index (χ4n) is 1.97. The Morgan fingerprint density at radius 3 is 3.00 bits per heavy atom. The maximum Gasteiger partial charge on any atom is 0.273 e. The van der Waals surface area contributed by atoms with Crippen LogP contribution in [-0.2, 0) is 4.74 Å². The summed E-state index contributed by atoms with van der Waals surface area (Å²) in [6.07, 6.45) is -0.718. The van der Waals surface area contributed by atoms with Crippen LogP contribution in [0, 0.1) is 0 Å². The molecule has 0 aliphatic carbocycles. The summed E-state index contributed by atoms with van der Waals surface area (Å²) in [5.74, 6) is -0.236. The van der Waals surface area contributed by atoms with Crippen LogP contribution in [0.3, 0.4) is 0 Å². The summed E-state index contributed by atoms with van der Waals surface area (Å²) >= 11 is 7.35. The summed E-state index contributed by atoms with van der Waals surface area (Å²) < 4.78 is 4.85. The number of hydrogen-bond acceptors (Lipinski definition) is 5. The predicted molar refractivity (Wildman–Crippen MR) is 87.4 cm³/mol. The average Bonchev–Trinajstić information content (AvgIpc) is 2.96. The van der Waals surface area contributed by atoms with E-state index in [9.17, 15) is 9.90 Å². The number of carbonyl (C=O) groups excluding carboxylic acids is 1. The zero-order valence-electron chi connectivity index (χ0n) is 12.3. The number of aromatic nitrogens is 1. The number of likely N-dealkylation sites (N-methyl/N-ethyl adjacent to an activating group) is 1. The number of halogens is 1. The third kappa shape index (κ3) is 4.27. The van der Waals surface area contributed by atoms with Crippen molar-refractivity contribution in [3.05, 3.63) is 40.4 Å². The number of aliphatic hydroxyl groups excluding tert-OH is 1. The second-order valence-corrected chi connectivity index (χ2v) is 6.14. The molecule has 1 atom stereocenters. The first-order valence-electron chi connectivity index (χ1n) is 6.65. The lowest BCUT2D eigenvalue weighted by Crippen LogP contribution is -2.36. The second-order valence-electron chi connectivity index (χ2n) is 4.84. The fourth-order valence-corrected chi connectivity index (χ4v) is 2.95. The number of benzene rings is 1. The van der Waals surface area contributed by atoms with Gasteiger partial charge in [0.25, 0.3) is 5.91 Å². The summed E-state index contributed by atoms with van der Waals surface area (Å²) in [6.45, 7) is 0.374. The molecule has 1 amide bonds. The van der Waals surface area contributed by atoms with Gasteiger partial charge in [-0.15, -0.1) is 11.3 Å². The lowest BCUT2D eigenvalue weighted by atomic mass is 10.2. The minimum absolute atomic E-state index is 0.183. The molecule has 0 saturated carbocycles. The summed E-state index contributed by atoms with van der Waals surface area (Å²) in [6, 6.07) is 7.33. The van der Waals surface area contributed by atoms with Crippen molar-refractivity contribution in [2.45, 2.75) is 6.10 Å². The Kier molecular flexibility index (Phi) is 5.90. The van der Waals surface area contributed by atoms with Gasteiger partial charge in [-0.1, -0.05) is 23.7 Å². The molecule has 2 aromatic rings. The molecule has 1 heterocycles. The van der Waals surface area contributed by atoms with Gasteiger partial charge in [-0.2, -0.15) is 0 Å². The Bertz CT molecular complexity index is 647. The van der Waals surface area contributed by atoms with Gasteiger partial charge in [0.15, 0.2) is 0 Å². The van der Waals surface area contributed by atoms with Crippen molar-refractivity contribution >= 4 is 28.8 Å². The molecular weight excluding hydrogens is 324 g/mol. The molecular formula is C15H17ClN2O3S. The normalized spacial score (nSPS) is 12.2. The number of thiazole rings is 1. The average molecular weight is 341 g/mol. The number of aliphatic hydroxyl groups is 1. The Balaban J connectivity index is 2.09. The number of hydrogen-bond donors (Lipinski definition) is 1. The van der Waals surface area contributed by atoms with E-state index in [-0.39, 0.29) is 19.1 Å². The van der Waals surface area contributed by atoms with Crippen LogP contribution < -0.4 is 0 Å². The Labute approximate surface area is 138 Å². The number of nitrogens with zero attached hydrogens (tertiary/aromatic N) is 2. The van der Waals surface area contributed by atoms with Gasteiger partial charge < -0.3 is 14.7 Å². The van der Waals surface area contributed by atoms with E-state index in [0.717, 1.165) is 10.6 Å². The number of carbonyl (C=O) groups is 1. The van der Waals surface area contributed by atoms with E-state index in [2.05, 4.69) is 4.98 Å². The van der Waals surface area contributed by atoms with Gasteiger partial charge in [0.1, 0.15) is 10.7 Å². The first-order chi connectivity index (χ1) is 10.5. The van der Waals surface area contributed by atoms with Gasteiger partial charge in [-0.25, -0.2) is 4.98 Å². The van der Waals surface area contributed by atoms with Gasteiger partial charge in [0.05, 0.1) is 12.7 Å². The third-order valence-electron chi connectivity index (χ3n) is 2.99. The number of methoxy groups -OCH3 is 1. The van der Waals surface area contributed by atoms with Gasteiger partial charge in [0, 0.05) is 36.7 Å². The zero-order chi connectivity index (χ0) is 16.1. The fraction of sp³-hybridized carbons (Fsp3) is 0.333. The zero-order valence-corrected chi connectivity index (χ0v) is 13.9. The molecule has 22 heavy (non-hydrogen) atoms. The Hall–Kier alpha value is -1.47. The lowest BCUT2D eigenvalue weighted by molar-refractivity contribution is 0.0378. The maximum atomic E-state index is 12.3. The number of rotatable bonds is 6. The van der Waals surface area contributed by atoms with Gasteiger partial charge in [-0.3, -0.25) is 4.79 Å². The van der Waals surface area contributed by atoms with Gasteiger partial charge in [-0.05, 0) is 12.1 Å². The largest absolute Gasteiger partial charge is 0.389 e. The predicted octanol–water partition coefficient (Wildman–Crippen LogP) is 2.54. The molecule has 0 spiro atoms. The topological polar surface area (TPSA) is 62.7 Å². The highest BCUT2D eigenvalue weighted by Gasteiger charge is 2.18. The third-order valence-corrected chi connectivity index (χ3v) is 4.11. The van der Waals surface area contributed by atoms with Crippen LogP contribution in [-0.4, -0.2) is 54.3 Å². The quantitative estimate of drug-likeness (QED) is 0.877. The molecule has 0 fully saturated rings. The highest BCUT2D eigenvalue weighted by molar-refractivity contribution is 7.13. The van der Waals surface area contributed by atoms with Crippen LogP contribution in [0.4, 0.5) is 0 Å². The van der Waals surface area contributed by atoms with E-state index in [1.807, 2.05) is 12.1 Å². The van der Waals surface area contributed by atoms with Crippen molar-refractivity contribution < 1.29 is 14.6 Å². The van der Waals surface area contributed by atoms with Crippen LogP contribution in [0.1, 0.15) is 10.5 Å². The van der Waals surface area contributed by atoms with Crippen molar-refractivity contribution in [1.29, 1.82) is 0 Å². The molecule has 2 rings (SSSR count). The summed E-state index contributed by atoms with van der Waals surface area (Å²) in [5, 5.41) is 12.7. The van der Waals surface area contributed by atoms with E-state index in [4.69, 9.17) is 16.3 Å². The molecule has 0 radical (unpaired) electrons. The van der Waals surface area contributed by atoms with Crippen molar-refractivity contribution in [1.82, 2.24) is 9.88 Å². The van der Waals surface area contributed by atoms with Gasteiger partial charge >= 0.3 is 0 Å². The minimum Gasteiger partial charge on any atom is -0.389 e. The monoisotopic (exact) mass is 340 g/mol. The van der Waals surface area contributed by atoms with E-state index in [0.29, 0.717) is 10.7 Å². The first kappa shape index (κ1) is 16.9. The maximum absolute atomic E-state index is 12.3. The highest BCUT2D eigenvalue weighted by Crippen LogP contribution is 2.26. The second kappa shape index (κ2) is 7.69. The van der Waals surface area contributed by atoms with E-state index < -0.39 is 6.10 Å². The lowest BCUT2D eigenvalue weighted by Gasteiger charge is -2.19. The van der Waals surface area contributed by atoms with Crippen LogP contribution in [0.2, 0.25) is 5.02 Å². The molecule has 0 saturated heterocycles. The molecule has 0 bridgehead atoms. The SMILES string of the molecule is COCC(O)CN(C)C(=O)c1csc(-c2cccc(Cl)c2)n1. The molecule has 0 aliphatic rings. The van der Waals surface area contributed by atoms with Crippen LogP contribution >= 0.6 is 22.9 Å². The molecule has 1 aromatic heterocycles. The molecule has 5 nitrogen and oxygen atoms in total. The minimum atomic E-state index is -0.718. The summed E-state index contributed by atoms with van der Waals surface area (Å²) in [7, 11) is 3.13. The summed E-state index contributed by atoms with van der Waals surface area (Å²) in [5.41, 5.74) is 1.23. The summed E-state index contributed by atoms with van der Waals surface area (Å²) in [4.78, 5) is 18.1. The highest BCUT2D eigenvalue weighted by atomic mass is 35.5. The molecule has 0 aliphatic heterocycles. The van der Waals surface area contributed by atoms with Crippen LogP contribution in [0.15, 0.2) is 29.6 Å². The van der Waals surface area contributed by atoms with Crippen molar-refractivity contribution in [2.24, 2.45) is 0 Å². The van der Waals surface area contributed by atoms with Crippen molar-refractivity contribution in [3.63, 3.8) is 0 Å². The Morgan fingerprint density at radius 2 is 2.32 bits per heavy atom. The van der Waals surface area contributed by atoms with Crippen LogP contribution in [0.5, 0.6) is 0 Å². The molecule has 1 unspecified atom stereocenters. The molecule has 1 N–H and O–H groups in total. The van der Waals surface area contributed by atoms with E-state index in [1.165, 1.54) is 23.3 Å². The number of ether oxygens (including phenoxy) is 1. The van der Waals surface area contributed by atoms with E-state index >= 15 is 0 Å². The van der Waals surface area contributed by atoms with Crippen molar-refractivity contribution in [3.8, 4) is 10.6 Å².